The fraction of sp³-hybridized carbons (Fsp3) is 0.0417. The van der Waals surface area contributed by atoms with Crippen molar-refractivity contribution < 1.29 is 13.9 Å². The van der Waals surface area contributed by atoms with Crippen LogP contribution in [0.25, 0.3) is 22.7 Å². The molecule has 0 atom stereocenters. The number of nitriles is 1. The Morgan fingerprint density at radius 2 is 1.97 bits per heavy atom. The average molecular weight is 491 g/mol. The van der Waals surface area contributed by atoms with Gasteiger partial charge in [-0.25, -0.2) is 9.37 Å². The predicted molar refractivity (Wildman–Crippen MR) is 124 cm³/mol. The number of nitrogens with one attached hydrogen (secondary N) is 2. The number of anilines is 1. The lowest BCUT2D eigenvalue weighted by molar-refractivity contribution is -0.118. The molecule has 4 rings (SSSR count). The fourth-order valence-corrected chi connectivity index (χ4v) is 3.32. The van der Waals surface area contributed by atoms with Crippen molar-refractivity contribution in [3.8, 4) is 11.8 Å². The smallest absolute Gasteiger partial charge is 0.262 e. The number of rotatable bonds is 6. The maximum absolute atomic E-state index is 13.8. The van der Waals surface area contributed by atoms with E-state index in [1.807, 2.05) is 24.3 Å². The van der Waals surface area contributed by atoms with Crippen molar-refractivity contribution in [1.29, 1.82) is 5.26 Å². The van der Waals surface area contributed by atoms with Gasteiger partial charge in [0.2, 0.25) is 0 Å². The number of carbonyl (C=O) groups excluding carboxylic acids is 1. The molecule has 0 spiro atoms. The lowest BCUT2D eigenvalue weighted by atomic mass is 10.1. The van der Waals surface area contributed by atoms with E-state index < -0.39 is 11.7 Å². The first-order valence-corrected chi connectivity index (χ1v) is 10.4. The maximum atomic E-state index is 13.8. The van der Waals surface area contributed by atoms with Gasteiger partial charge < -0.3 is 15.0 Å². The summed E-state index contributed by atoms with van der Waals surface area (Å²) in [5.41, 5.74) is 2.89. The number of allylic oxidation sites excluding steroid dienone is 1. The summed E-state index contributed by atoms with van der Waals surface area (Å²) in [5.74, 6) is -0.0600. The van der Waals surface area contributed by atoms with E-state index in [2.05, 4.69) is 37.3 Å². The van der Waals surface area contributed by atoms with Crippen LogP contribution in [0.5, 0.6) is 5.75 Å². The van der Waals surface area contributed by atoms with Crippen molar-refractivity contribution >= 4 is 50.2 Å². The van der Waals surface area contributed by atoms with E-state index in [4.69, 9.17) is 4.74 Å². The molecule has 1 heterocycles. The standard InChI is InChI=1S/C24H16BrFN4O2/c25-17-7-10-20(19(26)12-17)28-23(31)14-32-18-8-5-15(6-9-18)11-16(13-27)24-29-21-3-1-2-4-22(21)30-24/h1-12H,14H2,(H,28,31)(H,29,30). The van der Waals surface area contributed by atoms with Crippen molar-refractivity contribution in [2.75, 3.05) is 11.9 Å². The van der Waals surface area contributed by atoms with Gasteiger partial charge in [-0.2, -0.15) is 5.26 Å². The molecule has 158 valence electrons. The number of hydrogen-bond acceptors (Lipinski definition) is 4. The largest absolute Gasteiger partial charge is 0.484 e. The van der Waals surface area contributed by atoms with Gasteiger partial charge in [-0.15, -0.1) is 0 Å². The minimum atomic E-state index is -0.540. The first kappa shape index (κ1) is 21.3. The van der Waals surface area contributed by atoms with E-state index in [1.165, 1.54) is 12.1 Å². The number of nitrogens with zero attached hydrogens (tertiary/aromatic N) is 2. The topological polar surface area (TPSA) is 90.8 Å². The highest BCUT2D eigenvalue weighted by atomic mass is 79.9. The molecule has 32 heavy (non-hydrogen) atoms. The first-order chi connectivity index (χ1) is 15.5. The summed E-state index contributed by atoms with van der Waals surface area (Å²) < 4.78 is 19.9. The Labute approximate surface area is 191 Å². The Balaban J connectivity index is 1.40. The van der Waals surface area contributed by atoms with Crippen molar-refractivity contribution in [3.63, 3.8) is 0 Å². The van der Waals surface area contributed by atoms with Gasteiger partial charge in [0.25, 0.3) is 5.91 Å². The molecule has 4 aromatic rings. The molecule has 0 saturated carbocycles. The zero-order valence-electron chi connectivity index (χ0n) is 16.6. The number of carbonyl (C=O) groups is 1. The molecule has 1 aromatic heterocycles. The summed E-state index contributed by atoms with van der Waals surface area (Å²) >= 11 is 3.17. The lowest BCUT2D eigenvalue weighted by Crippen LogP contribution is -2.20. The number of benzene rings is 3. The Morgan fingerprint density at radius 1 is 1.19 bits per heavy atom. The average Bonchev–Trinajstić information content (AvgIpc) is 3.23. The summed E-state index contributed by atoms with van der Waals surface area (Å²) in [5, 5.41) is 12.0. The van der Waals surface area contributed by atoms with E-state index in [0.717, 1.165) is 16.6 Å². The van der Waals surface area contributed by atoms with Gasteiger partial charge in [-0.1, -0.05) is 40.2 Å². The number of aromatic amines is 1. The Hall–Kier alpha value is -3.96. The molecule has 0 saturated heterocycles. The Kier molecular flexibility index (Phi) is 6.29. The van der Waals surface area contributed by atoms with Crippen LogP contribution in [0.2, 0.25) is 0 Å². The van der Waals surface area contributed by atoms with Crippen LogP contribution in [0, 0.1) is 17.1 Å². The van der Waals surface area contributed by atoms with Crippen LogP contribution < -0.4 is 10.1 Å². The minimum absolute atomic E-state index is 0.0805. The van der Waals surface area contributed by atoms with Crippen LogP contribution in [0.15, 0.2) is 71.2 Å². The van der Waals surface area contributed by atoms with Crippen molar-refractivity contribution in [3.05, 3.63) is 88.4 Å². The number of imidazole rings is 1. The summed E-state index contributed by atoms with van der Waals surface area (Å²) in [6.07, 6.45) is 1.71. The van der Waals surface area contributed by atoms with Gasteiger partial charge >= 0.3 is 0 Å². The third kappa shape index (κ3) is 5.02. The maximum Gasteiger partial charge on any atom is 0.262 e. The highest BCUT2D eigenvalue weighted by Crippen LogP contribution is 2.21. The van der Waals surface area contributed by atoms with E-state index in [1.54, 1.807) is 36.4 Å². The van der Waals surface area contributed by atoms with Crippen LogP contribution in [-0.2, 0) is 4.79 Å². The SMILES string of the molecule is N#CC(=Cc1ccc(OCC(=O)Nc2ccc(Br)cc2F)cc1)c1nc2ccccc2[nH]1. The second-order valence-corrected chi connectivity index (χ2v) is 7.72. The fourth-order valence-electron chi connectivity index (χ4n) is 2.99. The third-order valence-electron chi connectivity index (χ3n) is 4.53. The van der Waals surface area contributed by atoms with Crippen molar-refractivity contribution in [2.24, 2.45) is 0 Å². The van der Waals surface area contributed by atoms with Gasteiger partial charge in [0, 0.05) is 4.47 Å². The summed E-state index contributed by atoms with van der Waals surface area (Å²) in [6, 6.07) is 21.0. The molecule has 0 aliphatic carbocycles. The molecule has 3 aromatic carbocycles. The number of hydrogen-bond donors (Lipinski definition) is 2. The molecule has 1 amide bonds. The number of ether oxygens (including phenoxy) is 1. The third-order valence-corrected chi connectivity index (χ3v) is 5.02. The van der Waals surface area contributed by atoms with Crippen molar-refractivity contribution in [1.82, 2.24) is 9.97 Å². The number of aromatic nitrogens is 2. The molecule has 6 nitrogen and oxygen atoms in total. The van der Waals surface area contributed by atoms with Crippen LogP contribution >= 0.6 is 15.9 Å². The van der Waals surface area contributed by atoms with E-state index in [0.29, 0.717) is 21.6 Å². The van der Waals surface area contributed by atoms with Crippen LogP contribution in [0.1, 0.15) is 11.4 Å². The Bertz CT molecular complexity index is 1320. The highest BCUT2D eigenvalue weighted by molar-refractivity contribution is 9.10. The number of fused-ring (bicyclic) bond motifs is 1. The van der Waals surface area contributed by atoms with Crippen LogP contribution in [-0.4, -0.2) is 22.5 Å². The molecular formula is C24H16BrFN4O2. The summed E-state index contributed by atoms with van der Waals surface area (Å²) in [7, 11) is 0. The molecule has 8 heteroatoms. The second kappa shape index (κ2) is 9.45. The van der Waals surface area contributed by atoms with Crippen molar-refractivity contribution in [2.45, 2.75) is 0 Å². The molecule has 0 aliphatic heterocycles. The molecule has 2 N–H and O–H groups in total. The highest BCUT2D eigenvalue weighted by Gasteiger charge is 2.09. The van der Waals surface area contributed by atoms with Gasteiger partial charge in [0.1, 0.15) is 23.5 Å². The normalized spacial score (nSPS) is 11.2. The number of H-pyrrole nitrogens is 1. The van der Waals surface area contributed by atoms with E-state index >= 15 is 0 Å². The zero-order valence-corrected chi connectivity index (χ0v) is 18.2. The second-order valence-electron chi connectivity index (χ2n) is 6.80. The molecule has 0 bridgehead atoms. The molecule has 0 radical (unpaired) electrons. The Morgan fingerprint density at radius 3 is 2.69 bits per heavy atom. The summed E-state index contributed by atoms with van der Waals surface area (Å²) in [6.45, 7) is -0.271. The number of para-hydroxylation sites is 2. The molecule has 0 fully saturated rings. The minimum Gasteiger partial charge on any atom is -0.484 e. The van der Waals surface area contributed by atoms with Crippen LogP contribution in [0.4, 0.5) is 10.1 Å². The van der Waals surface area contributed by atoms with Gasteiger partial charge in [0.05, 0.1) is 22.3 Å². The number of halogens is 2. The van der Waals surface area contributed by atoms with Gasteiger partial charge in [-0.3, -0.25) is 4.79 Å². The van der Waals surface area contributed by atoms with E-state index in [9.17, 15) is 14.4 Å². The molecule has 0 aliphatic rings. The first-order valence-electron chi connectivity index (χ1n) is 9.56. The molecule has 0 unspecified atom stereocenters. The molecular weight excluding hydrogens is 475 g/mol. The number of amides is 1. The van der Waals surface area contributed by atoms with Gasteiger partial charge in [-0.05, 0) is 54.1 Å². The zero-order chi connectivity index (χ0) is 22.5. The van der Waals surface area contributed by atoms with E-state index in [-0.39, 0.29) is 12.3 Å². The summed E-state index contributed by atoms with van der Waals surface area (Å²) in [4.78, 5) is 19.6. The predicted octanol–water partition coefficient (Wildman–Crippen LogP) is 5.55. The van der Waals surface area contributed by atoms with Crippen LogP contribution in [0.3, 0.4) is 0 Å². The quantitative estimate of drug-likeness (QED) is 0.346. The lowest BCUT2D eigenvalue weighted by Gasteiger charge is -2.09. The monoisotopic (exact) mass is 490 g/mol. The van der Waals surface area contributed by atoms with Gasteiger partial charge in [0.15, 0.2) is 6.61 Å².